The van der Waals surface area contributed by atoms with Crippen LogP contribution in [0.5, 0.6) is 0 Å². The van der Waals surface area contributed by atoms with Crippen molar-refractivity contribution in [3.8, 4) is 0 Å². The largest absolute Gasteiger partial charge is 0.394 e. The molecule has 1 unspecified atom stereocenters. The van der Waals surface area contributed by atoms with Crippen LogP contribution in [0, 0.1) is 0 Å². The Hall–Kier alpha value is -0.650. The van der Waals surface area contributed by atoms with Gasteiger partial charge in [-0.2, -0.15) is 0 Å². The van der Waals surface area contributed by atoms with Crippen LogP contribution in [0.15, 0.2) is 0 Å². The quantitative estimate of drug-likeness (QED) is 0.645. The Labute approximate surface area is 103 Å². The van der Waals surface area contributed by atoms with E-state index >= 15 is 0 Å². The van der Waals surface area contributed by atoms with Gasteiger partial charge >= 0.3 is 0 Å². The number of ether oxygens (including phenoxy) is 1. The van der Waals surface area contributed by atoms with Crippen LogP contribution in [0.3, 0.4) is 0 Å². The molecule has 1 rings (SSSR count). The smallest absolute Gasteiger partial charge is 0.236 e. The zero-order valence-electron chi connectivity index (χ0n) is 10.7. The maximum absolute atomic E-state index is 12.0. The molecule has 0 aromatic carbocycles. The van der Waals surface area contributed by atoms with Gasteiger partial charge in [-0.1, -0.05) is 12.8 Å². The lowest BCUT2D eigenvalue weighted by Gasteiger charge is -2.28. The van der Waals surface area contributed by atoms with Crippen LogP contribution < -0.4 is 5.32 Å². The van der Waals surface area contributed by atoms with Gasteiger partial charge in [0.25, 0.3) is 0 Å². The van der Waals surface area contributed by atoms with Gasteiger partial charge in [0.05, 0.1) is 25.8 Å². The molecule has 0 radical (unpaired) electrons. The number of nitrogens with zero attached hydrogens (tertiary/aromatic N) is 1. The van der Waals surface area contributed by atoms with Crippen LogP contribution in [0.1, 0.15) is 25.7 Å². The standard InChI is InChI=1S/C12H24N2O3/c1-17-8-6-13-9-12(16)14-7-4-2-3-5-11(14)10-15/h11,13,15H,2-10H2,1H3. The van der Waals surface area contributed by atoms with E-state index in [0.717, 1.165) is 32.2 Å². The first-order valence-corrected chi connectivity index (χ1v) is 6.39. The molecule has 2 N–H and O–H groups in total. The molecule has 1 atom stereocenters. The van der Waals surface area contributed by atoms with Crippen LogP contribution in [0.2, 0.25) is 0 Å². The first kappa shape index (κ1) is 14.4. The second kappa shape index (κ2) is 8.44. The number of hydrogen-bond acceptors (Lipinski definition) is 4. The fraction of sp³-hybridized carbons (Fsp3) is 0.917. The van der Waals surface area contributed by atoms with Gasteiger partial charge in [0.1, 0.15) is 0 Å². The van der Waals surface area contributed by atoms with Crippen LogP contribution in [-0.2, 0) is 9.53 Å². The first-order valence-electron chi connectivity index (χ1n) is 6.39. The molecule has 5 heteroatoms. The van der Waals surface area contributed by atoms with Crippen molar-refractivity contribution in [2.75, 3.05) is 40.0 Å². The number of carbonyl (C=O) groups is 1. The summed E-state index contributed by atoms with van der Waals surface area (Å²) in [6, 6.07) is 0.00854. The molecule has 1 heterocycles. The summed E-state index contributed by atoms with van der Waals surface area (Å²) in [5, 5.41) is 12.4. The third-order valence-corrected chi connectivity index (χ3v) is 3.17. The molecular formula is C12H24N2O3. The normalized spacial score (nSPS) is 21.3. The molecule has 0 spiro atoms. The van der Waals surface area contributed by atoms with Crippen LogP contribution >= 0.6 is 0 Å². The van der Waals surface area contributed by atoms with E-state index in [2.05, 4.69) is 5.32 Å². The maximum atomic E-state index is 12.0. The molecule has 1 amide bonds. The van der Waals surface area contributed by atoms with Crippen molar-refractivity contribution in [1.82, 2.24) is 10.2 Å². The number of likely N-dealkylation sites (tertiary alicyclic amines) is 1. The van der Waals surface area contributed by atoms with Crippen molar-refractivity contribution in [2.45, 2.75) is 31.7 Å². The van der Waals surface area contributed by atoms with E-state index in [9.17, 15) is 9.90 Å². The summed E-state index contributed by atoms with van der Waals surface area (Å²) in [6.07, 6.45) is 4.21. The summed E-state index contributed by atoms with van der Waals surface area (Å²) in [7, 11) is 1.64. The Balaban J connectivity index is 2.35. The molecule has 1 aliphatic rings. The first-order chi connectivity index (χ1) is 8.29. The second-order valence-electron chi connectivity index (χ2n) is 4.44. The fourth-order valence-electron chi connectivity index (χ4n) is 2.17. The fourth-order valence-corrected chi connectivity index (χ4v) is 2.17. The summed E-state index contributed by atoms with van der Waals surface area (Å²) < 4.78 is 4.90. The number of amides is 1. The lowest BCUT2D eigenvalue weighted by Crippen LogP contribution is -2.46. The predicted octanol–water partition coefficient (Wildman–Crippen LogP) is -0.0141. The molecule has 5 nitrogen and oxygen atoms in total. The number of carbonyl (C=O) groups excluding carboxylic acids is 1. The maximum Gasteiger partial charge on any atom is 0.236 e. The zero-order valence-corrected chi connectivity index (χ0v) is 10.7. The molecular weight excluding hydrogens is 220 g/mol. The van der Waals surface area contributed by atoms with Gasteiger partial charge in [-0.25, -0.2) is 0 Å². The van der Waals surface area contributed by atoms with E-state index in [1.165, 1.54) is 0 Å². The highest BCUT2D eigenvalue weighted by molar-refractivity contribution is 5.78. The minimum Gasteiger partial charge on any atom is -0.394 e. The summed E-state index contributed by atoms with van der Waals surface area (Å²) in [5.41, 5.74) is 0. The highest BCUT2D eigenvalue weighted by Crippen LogP contribution is 2.16. The van der Waals surface area contributed by atoms with Crippen molar-refractivity contribution in [2.24, 2.45) is 0 Å². The number of methoxy groups -OCH3 is 1. The average molecular weight is 244 g/mol. The number of aliphatic hydroxyl groups is 1. The van der Waals surface area contributed by atoms with E-state index in [1.54, 1.807) is 7.11 Å². The zero-order chi connectivity index (χ0) is 12.5. The SMILES string of the molecule is COCCNCC(=O)N1CCCCCC1CO. The summed E-state index contributed by atoms with van der Waals surface area (Å²) in [4.78, 5) is 13.8. The molecule has 1 aliphatic heterocycles. The van der Waals surface area contributed by atoms with Gasteiger partial charge in [-0.05, 0) is 12.8 Å². The number of hydrogen-bond donors (Lipinski definition) is 2. The molecule has 0 aromatic heterocycles. The molecule has 1 fully saturated rings. The monoisotopic (exact) mass is 244 g/mol. The minimum atomic E-state index is 0.00854. The van der Waals surface area contributed by atoms with E-state index in [0.29, 0.717) is 19.7 Å². The molecule has 0 bridgehead atoms. The van der Waals surface area contributed by atoms with Crippen molar-refractivity contribution in [3.63, 3.8) is 0 Å². The number of nitrogens with one attached hydrogen (secondary N) is 1. The Morgan fingerprint density at radius 1 is 1.47 bits per heavy atom. The van der Waals surface area contributed by atoms with E-state index in [1.807, 2.05) is 4.90 Å². The van der Waals surface area contributed by atoms with Crippen LogP contribution in [0.25, 0.3) is 0 Å². The second-order valence-corrected chi connectivity index (χ2v) is 4.44. The van der Waals surface area contributed by atoms with E-state index in [-0.39, 0.29) is 18.6 Å². The van der Waals surface area contributed by atoms with E-state index in [4.69, 9.17) is 4.74 Å². The van der Waals surface area contributed by atoms with Gasteiger partial charge in [0.15, 0.2) is 0 Å². The van der Waals surface area contributed by atoms with Crippen molar-refractivity contribution in [3.05, 3.63) is 0 Å². The van der Waals surface area contributed by atoms with E-state index < -0.39 is 0 Å². The molecule has 0 saturated carbocycles. The summed E-state index contributed by atoms with van der Waals surface area (Å²) in [6.45, 7) is 2.47. The third kappa shape index (κ3) is 5.02. The third-order valence-electron chi connectivity index (χ3n) is 3.17. The molecule has 0 aromatic rings. The summed E-state index contributed by atoms with van der Waals surface area (Å²) in [5.74, 6) is 0.0852. The minimum absolute atomic E-state index is 0.00854. The Morgan fingerprint density at radius 2 is 2.29 bits per heavy atom. The van der Waals surface area contributed by atoms with Gasteiger partial charge in [0, 0.05) is 20.2 Å². The van der Waals surface area contributed by atoms with Crippen LogP contribution in [0.4, 0.5) is 0 Å². The lowest BCUT2D eigenvalue weighted by atomic mass is 10.1. The topological polar surface area (TPSA) is 61.8 Å². The average Bonchev–Trinajstić information content (AvgIpc) is 2.59. The molecule has 1 saturated heterocycles. The Bertz CT molecular complexity index is 224. The van der Waals surface area contributed by atoms with Gasteiger partial charge in [-0.15, -0.1) is 0 Å². The number of rotatable bonds is 6. The van der Waals surface area contributed by atoms with Gasteiger partial charge in [0.2, 0.25) is 5.91 Å². The molecule has 0 aliphatic carbocycles. The lowest BCUT2D eigenvalue weighted by molar-refractivity contribution is -0.133. The predicted molar refractivity (Wildman–Crippen MR) is 65.8 cm³/mol. The Kier molecular flexibility index (Phi) is 7.16. The van der Waals surface area contributed by atoms with Crippen LogP contribution in [-0.4, -0.2) is 61.9 Å². The number of aliphatic hydroxyl groups excluding tert-OH is 1. The van der Waals surface area contributed by atoms with Gasteiger partial charge in [-0.3, -0.25) is 4.79 Å². The molecule has 17 heavy (non-hydrogen) atoms. The van der Waals surface area contributed by atoms with Crippen molar-refractivity contribution in [1.29, 1.82) is 0 Å². The Morgan fingerprint density at radius 3 is 3.00 bits per heavy atom. The molecule has 100 valence electrons. The van der Waals surface area contributed by atoms with Gasteiger partial charge < -0.3 is 20.1 Å². The highest BCUT2D eigenvalue weighted by atomic mass is 16.5. The van der Waals surface area contributed by atoms with Crippen molar-refractivity contribution >= 4 is 5.91 Å². The van der Waals surface area contributed by atoms with Crippen molar-refractivity contribution < 1.29 is 14.6 Å². The highest BCUT2D eigenvalue weighted by Gasteiger charge is 2.24. The summed E-state index contributed by atoms with van der Waals surface area (Å²) >= 11 is 0.